The summed E-state index contributed by atoms with van der Waals surface area (Å²) in [4.78, 5) is 5.82. The zero-order valence-corrected chi connectivity index (χ0v) is 18.3. The van der Waals surface area contributed by atoms with E-state index < -0.39 is 13.6 Å². The Hall–Kier alpha value is -1.19. The van der Waals surface area contributed by atoms with Crippen LogP contribution in [0.2, 0.25) is 16.6 Å². The Morgan fingerprint density at radius 3 is 2.30 bits per heavy atom. The fourth-order valence-electron chi connectivity index (χ4n) is 5.16. The van der Waals surface area contributed by atoms with Crippen LogP contribution < -0.4 is 5.48 Å². The number of fused-ring (bicyclic) bond motifs is 1. The molecule has 0 saturated carbocycles. The first-order valence-corrected chi connectivity index (χ1v) is 12.3. The van der Waals surface area contributed by atoms with E-state index in [1.807, 2.05) is 12.1 Å². The van der Waals surface area contributed by atoms with E-state index in [1.165, 1.54) is 6.07 Å². The Morgan fingerprint density at radius 1 is 1.07 bits per heavy atom. The lowest BCUT2D eigenvalue weighted by molar-refractivity contribution is -0.00648. The molecule has 0 spiro atoms. The third-order valence-electron chi connectivity index (χ3n) is 6.60. The number of hydrogen-bond acceptors (Lipinski definition) is 3. The molecular formula is C22H32FNO2Si. The van der Waals surface area contributed by atoms with Crippen molar-refractivity contribution in [3.63, 3.8) is 0 Å². The van der Waals surface area contributed by atoms with Crippen molar-refractivity contribution in [3.8, 4) is 11.5 Å². The van der Waals surface area contributed by atoms with Crippen molar-refractivity contribution in [1.29, 1.82) is 0 Å². The Labute approximate surface area is 164 Å². The molecule has 2 heterocycles. The third-order valence-corrected chi connectivity index (χ3v) is 12.9. The van der Waals surface area contributed by atoms with E-state index in [1.54, 1.807) is 6.07 Å². The molecule has 1 N–H and O–H groups in total. The molecule has 3 rings (SSSR count). The summed E-state index contributed by atoms with van der Waals surface area (Å²) in [5, 5.41) is 0. The standard InChI is InChI=1S/C22H32FNO2Si/c1-15(2)27(16(3)4,17(5)6)12-11-22(18-9-7-8-10-20(18)23)19-13-25-14-21(19)26-24-22/h7-10,15-17,19,21,24H,13-14H2,1-6H3/t19-,21+,22+/m0/s1. The summed E-state index contributed by atoms with van der Waals surface area (Å²) in [6, 6.07) is 6.91. The summed E-state index contributed by atoms with van der Waals surface area (Å²) in [6.07, 6.45) is -0.0906. The molecular weight excluding hydrogens is 357 g/mol. The van der Waals surface area contributed by atoms with Crippen molar-refractivity contribution in [3.05, 3.63) is 35.6 Å². The van der Waals surface area contributed by atoms with Gasteiger partial charge in [0, 0.05) is 11.5 Å². The lowest BCUT2D eigenvalue weighted by Gasteiger charge is -2.39. The highest BCUT2D eigenvalue weighted by Gasteiger charge is 2.54. The van der Waals surface area contributed by atoms with Crippen molar-refractivity contribution in [2.45, 2.75) is 69.8 Å². The Balaban J connectivity index is 2.17. The van der Waals surface area contributed by atoms with Gasteiger partial charge in [-0.05, 0) is 22.7 Å². The Morgan fingerprint density at radius 2 is 1.70 bits per heavy atom. The van der Waals surface area contributed by atoms with Gasteiger partial charge in [-0.3, -0.25) is 4.84 Å². The number of benzene rings is 1. The number of hydrogen-bond donors (Lipinski definition) is 1. The summed E-state index contributed by atoms with van der Waals surface area (Å²) in [6.45, 7) is 14.8. The number of nitrogens with one attached hydrogen (secondary N) is 1. The monoisotopic (exact) mass is 389 g/mol. The minimum Gasteiger partial charge on any atom is -0.378 e. The molecule has 2 aliphatic heterocycles. The number of ether oxygens (including phenoxy) is 1. The van der Waals surface area contributed by atoms with E-state index in [2.05, 4.69) is 58.5 Å². The third kappa shape index (κ3) is 3.27. The maximum atomic E-state index is 14.8. The molecule has 3 nitrogen and oxygen atoms in total. The average Bonchev–Trinajstić information content (AvgIpc) is 3.19. The first-order valence-electron chi connectivity index (χ1n) is 10.1. The maximum Gasteiger partial charge on any atom is 0.146 e. The van der Waals surface area contributed by atoms with Gasteiger partial charge in [0.25, 0.3) is 0 Å². The highest BCUT2D eigenvalue weighted by atomic mass is 28.3. The van der Waals surface area contributed by atoms with Crippen molar-refractivity contribution in [2.24, 2.45) is 5.92 Å². The minimum absolute atomic E-state index is 0.0138. The van der Waals surface area contributed by atoms with E-state index in [4.69, 9.17) is 9.57 Å². The van der Waals surface area contributed by atoms with Gasteiger partial charge >= 0.3 is 0 Å². The molecule has 0 radical (unpaired) electrons. The maximum absolute atomic E-state index is 14.8. The summed E-state index contributed by atoms with van der Waals surface area (Å²) >= 11 is 0. The zero-order chi connectivity index (χ0) is 19.8. The van der Waals surface area contributed by atoms with E-state index in [9.17, 15) is 4.39 Å². The topological polar surface area (TPSA) is 30.5 Å². The van der Waals surface area contributed by atoms with Gasteiger partial charge in [0.05, 0.1) is 13.2 Å². The summed E-state index contributed by atoms with van der Waals surface area (Å²) in [7, 11) is -1.96. The summed E-state index contributed by atoms with van der Waals surface area (Å²) in [5.74, 6) is 3.30. The van der Waals surface area contributed by atoms with Crippen LogP contribution in [0.25, 0.3) is 0 Å². The smallest absolute Gasteiger partial charge is 0.146 e. The van der Waals surface area contributed by atoms with Crippen LogP contribution in [0.4, 0.5) is 4.39 Å². The molecule has 0 aromatic heterocycles. The second-order valence-electron chi connectivity index (χ2n) is 8.84. The van der Waals surface area contributed by atoms with E-state index in [-0.39, 0.29) is 17.8 Å². The molecule has 5 heteroatoms. The van der Waals surface area contributed by atoms with Gasteiger partial charge in [-0.1, -0.05) is 65.7 Å². The fourth-order valence-corrected chi connectivity index (χ4v) is 10.4. The number of rotatable bonds is 4. The quantitative estimate of drug-likeness (QED) is 0.593. The van der Waals surface area contributed by atoms with Crippen LogP contribution in [0.3, 0.4) is 0 Å². The largest absolute Gasteiger partial charge is 0.378 e. The molecule has 27 heavy (non-hydrogen) atoms. The lowest BCUT2D eigenvalue weighted by atomic mass is 9.78. The van der Waals surface area contributed by atoms with Crippen LogP contribution >= 0.6 is 0 Å². The zero-order valence-electron chi connectivity index (χ0n) is 17.3. The van der Waals surface area contributed by atoms with Gasteiger partial charge < -0.3 is 4.74 Å². The molecule has 1 aromatic rings. The van der Waals surface area contributed by atoms with Gasteiger partial charge in [-0.2, -0.15) is 5.48 Å². The molecule has 0 aliphatic carbocycles. The molecule has 0 bridgehead atoms. The van der Waals surface area contributed by atoms with E-state index >= 15 is 0 Å². The van der Waals surface area contributed by atoms with Gasteiger partial charge in [0.15, 0.2) is 0 Å². The van der Waals surface area contributed by atoms with Crippen molar-refractivity contribution < 1.29 is 14.0 Å². The second kappa shape index (κ2) is 7.67. The molecule has 3 atom stereocenters. The Bertz CT molecular complexity index is 718. The minimum atomic E-state index is -1.96. The van der Waals surface area contributed by atoms with Crippen LogP contribution in [0.1, 0.15) is 47.1 Å². The van der Waals surface area contributed by atoms with Crippen molar-refractivity contribution >= 4 is 8.07 Å². The van der Waals surface area contributed by atoms with Crippen LogP contribution in [0.15, 0.2) is 24.3 Å². The van der Waals surface area contributed by atoms with Crippen LogP contribution in [0.5, 0.6) is 0 Å². The summed E-state index contributed by atoms with van der Waals surface area (Å²) < 4.78 is 20.5. The van der Waals surface area contributed by atoms with Crippen molar-refractivity contribution in [1.82, 2.24) is 5.48 Å². The van der Waals surface area contributed by atoms with Gasteiger partial charge in [0.1, 0.15) is 25.5 Å². The summed E-state index contributed by atoms with van der Waals surface area (Å²) in [5.41, 5.74) is 8.17. The Kier molecular flexibility index (Phi) is 5.84. The predicted molar refractivity (Wildman–Crippen MR) is 109 cm³/mol. The SMILES string of the molecule is CC(C)[Si](C#C[C@]1(c2ccccc2F)NO[C@@H]2COC[C@@H]21)(C(C)C)C(C)C. The average molecular weight is 390 g/mol. The highest BCUT2D eigenvalue weighted by molar-refractivity contribution is 6.90. The van der Waals surface area contributed by atoms with Crippen LogP contribution in [-0.4, -0.2) is 27.4 Å². The number of hydroxylamine groups is 1. The van der Waals surface area contributed by atoms with Gasteiger partial charge in [-0.15, -0.1) is 5.54 Å². The molecule has 1 aromatic carbocycles. The molecule has 2 fully saturated rings. The van der Waals surface area contributed by atoms with Crippen LogP contribution in [0, 0.1) is 23.2 Å². The second-order valence-corrected chi connectivity index (χ2v) is 14.4. The van der Waals surface area contributed by atoms with Crippen molar-refractivity contribution in [2.75, 3.05) is 13.2 Å². The first-order chi connectivity index (χ1) is 12.8. The molecule has 0 amide bonds. The number of halogens is 1. The van der Waals surface area contributed by atoms with Gasteiger partial charge in [-0.25, -0.2) is 4.39 Å². The van der Waals surface area contributed by atoms with E-state index in [0.717, 1.165) is 0 Å². The lowest BCUT2D eigenvalue weighted by Crippen LogP contribution is -2.46. The normalized spacial score (nSPS) is 27.9. The fraction of sp³-hybridized carbons (Fsp3) is 0.636. The molecule has 2 aliphatic rings. The first kappa shape index (κ1) is 20.5. The van der Waals surface area contributed by atoms with Crippen LogP contribution in [-0.2, 0) is 15.1 Å². The van der Waals surface area contributed by atoms with E-state index in [0.29, 0.717) is 35.4 Å². The predicted octanol–water partition coefficient (Wildman–Crippen LogP) is 4.79. The van der Waals surface area contributed by atoms with Gasteiger partial charge in [0.2, 0.25) is 0 Å². The molecule has 0 unspecified atom stereocenters. The molecule has 148 valence electrons. The molecule has 2 saturated heterocycles. The highest BCUT2D eigenvalue weighted by Crippen LogP contribution is 2.44.